The van der Waals surface area contributed by atoms with Gasteiger partial charge in [0.25, 0.3) is 0 Å². The first kappa shape index (κ1) is 12.1. The molecule has 0 aliphatic heterocycles. The predicted molar refractivity (Wildman–Crippen MR) is 73.2 cm³/mol. The van der Waals surface area contributed by atoms with Gasteiger partial charge in [0, 0.05) is 23.3 Å². The zero-order valence-electron chi connectivity index (χ0n) is 10.8. The SMILES string of the molecule is CCNC(C)c1cnc(CC)c2ccccc12. The van der Waals surface area contributed by atoms with Gasteiger partial charge in [0.15, 0.2) is 0 Å². The van der Waals surface area contributed by atoms with E-state index in [9.17, 15) is 0 Å². The van der Waals surface area contributed by atoms with E-state index in [1.54, 1.807) is 0 Å². The van der Waals surface area contributed by atoms with Crippen molar-refractivity contribution in [1.29, 1.82) is 0 Å². The van der Waals surface area contributed by atoms with Gasteiger partial charge in [0.2, 0.25) is 0 Å². The summed E-state index contributed by atoms with van der Waals surface area (Å²) in [6.45, 7) is 7.46. The van der Waals surface area contributed by atoms with Crippen LogP contribution in [0, 0.1) is 0 Å². The second-order valence-corrected chi connectivity index (χ2v) is 4.34. The number of fused-ring (bicyclic) bond motifs is 1. The van der Waals surface area contributed by atoms with Crippen LogP contribution in [0.3, 0.4) is 0 Å². The molecule has 0 aliphatic carbocycles. The lowest BCUT2D eigenvalue weighted by molar-refractivity contribution is 0.600. The number of nitrogens with one attached hydrogen (secondary N) is 1. The molecule has 0 radical (unpaired) electrons. The Balaban J connectivity index is 2.58. The van der Waals surface area contributed by atoms with E-state index in [-0.39, 0.29) is 0 Å². The molecule has 1 aromatic heterocycles. The summed E-state index contributed by atoms with van der Waals surface area (Å²) in [5.41, 5.74) is 2.48. The number of pyridine rings is 1. The van der Waals surface area contributed by atoms with E-state index >= 15 is 0 Å². The first-order valence-corrected chi connectivity index (χ1v) is 6.37. The van der Waals surface area contributed by atoms with E-state index in [0.717, 1.165) is 13.0 Å². The highest BCUT2D eigenvalue weighted by Gasteiger charge is 2.10. The molecule has 1 unspecified atom stereocenters. The van der Waals surface area contributed by atoms with Gasteiger partial charge in [0.1, 0.15) is 0 Å². The maximum absolute atomic E-state index is 4.59. The highest BCUT2D eigenvalue weighted by atomic mass is 14.9. The summed E-state index contributed by atoms with van der Waals surface area (Å²) >= 11 is 0. The van der Waals surface area contributed by atoms with E-state index in [0.29, 0.717) is 6.04 Å². The lowest BCUT2D eigenvalue weighted by Crippen LogP contribution is -2.18. The molecule has 2 rings (SSSR count). The zero-order chi connectivity index (χ0) is 12.3. The van der Waals surface area contributed by atoms with Crippen molar-refractivity contribution in [3.63, 3.8) is 0 Å². The van der Waals surface area contributed by atoms with Gasteiger partial charge in [-0.3, -0.25) is 4.98 Å². The van der Waals surface area contributed by atoms with Gasteiger partial charge in [-0.2, -0.15) is 0 Å². The molecule has 0 aliphatic rings. The smallest absolute Gasteiger partial charge is 0.0479 e. The van der Waals surface area contributed by atoms with E-state index in [1.165, 1.54) is 22.0 Å². The van der Waals surface area contributed by atoms with Crippen LogP contribution in [0.25, 0.3) is 10.8 Å². The lowest BCUT2D eigenvalue weighted by atomic mass is 10.00. The molecule has 1 aromatic carbocycles. The quantitative estimate of drug-likeness (QED) is 0.866. The Labute approximate surface area is 103 Å². The van der Waals surface area contributed by atoms with E-state index in [2.05, 4.69) is 55.3 Å². The summed E-state index contributed by atoms with van der Waals surface area (Å²) in [5, 5.41) is 6.07. The predicted octanol–water partition coefficient (Wildman–Crippen LogP) is 3.47. The number of benzene rings is 1. The van der Waals surface area contributed by atoms with Crippen molar-refractivity contribution in [2.75, 3.05) is 6.54 Å². The zero-order valence-corrected chi connectivity index (χ0v) is 10.8. The van der Waals surface area contributed by atoms with Gasteiger partial charge < -0.3 is 5.32 Å². The molecular weight excluding hydrogens is 208 g/mol. The third-order valence-corrected chi connectivity index (χ3v) is 3.22. The fourth-order valence-electron chi connectivity index (χ4n) is 2.32. The maximum Gasteiger partial charge on any atom is 0.0479 e. The van der Waals surface area contributed by atoms with E-state index < -0.39 is 0 Å². The Morgan fingerprint density at radius 2 is 1.88 bits per heavy atom. The minimum absolute atomic E-state index is 0.350. The van der Waals surface area contributed by atoms with Crippen LogP contribution in [-0.2, 0) is 6.42 Å². The standard InChI is InChI=1S/C15H20N2/c1-4-15-13-9-7-6-8-12(13)14(10-17-15)11(3)16-5-2/h6-11,16H,4-5H2,1-3H3. The van der Waals surface area contributed by atoms with Gasteiger partial charge in [-0.05, 0) is 30.8 Å². The molecule has 0 bridgehead atoms. The summed E-state index contributed by atoms with van der Waals surface area (Å²) in [5.74, 6) is 0. The molecule has 0 saturated heterocycles. The van der Waals surface area contributed by atoms with Gasteiger partial charge >= 0.3 is 0 Å². The van der Waals surface area contributed by atoms with Gasteiger partial charge in [0.05, 0.1) is 0 Å². The molecule has 2 nitrogen and oxygen atoms in total. The third-order valence-electron chi connectivity index (χ3n) is 3.22. The lowest BCUT2D eigenvalue weighted by Gasteiger charge is -2.16. The normalized spacial score (nSPS) is 12.9. The van der Waals surface area contributed by atoms with Crippen LogP contribution in [0.2, 0.25) is 0 Å². The van der Waals surface area contributed by atoms with Crippen molar-refractivity contribution in [1.82, 2.24) is 10.3 Å². The number of rotatable bonds is 4. The van der Waals surface area contributed by atoms with Crippen molar-refractivity contribution in [3.05, 3.63) is 41.7 Å². The summed E-state index contributed by atoms with van der Waals surface area (Å²) < 4.78 is 0. The van der Waals surface area contributed by atoms with Crippen LogP contribution >= 0.6 is 0 Å². The Morgan fingerprint density at radius 3 is 2.53 bits per heavy atom. The van der Waals surface area contributed by atoms with Crippen molar-refractivity contribution >= 4 is 10.8 Å². The molecule has 2 aromatic rings. The Kier molecular flexibility index (Phi) is 3.75. The van der Waals surface area contributed by atoms with E-state index in [1.807, 2.05) is 6.20 Å². The number of hydrogen-bond acceptors (Lipinski definition) is 2. The van der Waals surface area contributed by atoms with Crippen molar-refractivity contribution in [3.8, 4) is 0 Å². The molecule has 1 atom stereocenters. The fraction of sp³-hybridized carbons (Fsp3) is 0.400. The molecule has 17 heavy (non-hydrogen) atoms. The second kappa shape index (κ2) is 5.28. The highest BCUT2D eigenvalue weighted by Crippen LogP contribution is 2.25. The number of aromatic nitrogens is 1. The largest absolute Gasteiger partial charge is 0.310 e. The number of nitrogens with zero attached hydrogens (tertiary/aromatic N) is 1. The molecule has 0 spiro atoms. The first-order valence-electron chi connectivity index (χ1n) is 6.37. The molecule has 1 heterocycles. The minimum Gasteiger partial charge on any atom is -0.310 e. The monoisotopic (exact) mass is 228 g/mol. The summed E-state index contributed by atoms with van der Waals surface area (Å²) in [6.07, 6.45) is 3.00. The average Bonchev–Trinajstić information content (AvgIpc) is 2.37. The summed E-state index contributed by atoms with van der Waals surface area (Å²) in [7, 11) is 0. The molecule has 0 amide bonds. The molecule has 0 saturated carbocycles. The van der Waals surface area contributed by atoms with E-state index in [4.69, 9.17) is 0 Å². The maximum atomic E-state index is 4.59. The van der Waals surface area contributed by atoms with Gasteiger partial charge in [-0.1, -0.05) is 38.1 Å². The van der Waals surface area contributed by atoms with Gasteiger partial charge in [-0.25, -0.2) is 0 Å². The molecular formula is C15H20N2. The van der Waals surface area contributed by atoms with Crippen molar-refractivity contribution < 1.29 is 0 Å². The fourth-order valence-corrected chi connectivity index (χ4v) is 2.32. The van der Waals surface area contributed by atoms with Crippen LogP contribution in [0.5, 0.6) is 0 Å². The average molecular weight is 228 g/mol. The number of hydrogen-bond donors (Lipinski definition) is 1. The topological polar surface area (TPSA) is 24.9 Å². The van der Waals surface area contributed by atoms with Crippen LogP contribution in [0.1, 0.15) is 38.1 Å². The van der Waals surface area contributed by atoms with Gasteiger partial charge in [-0.15, -0.1) is 0 Å². The minimum atomic E-state index is 0.350. The second-order valence-electron chi connectivity index (χ2n) is 4.34. The molecule has 0 fully saturated rings. The number of aryl methyl sites for hydroxylation is 1. The Bertz CT molecular complexity index is 505. The van der Waals surface area contributed by atoms with Crippen LogP contribution in [-0.4, -0.2) is 11.5 Å². The first-order chi connectivity index (χ1) is 8.27. The summed E-state index contributed by atoms with van der Waals surface area (Å²) in [4.78, 5) is 4.59. The van der Waals surface area contributed by atoms with Crippen LogP contribution < -0.4 is 5.32 Å². The van der Waals surface area contributed by atoms with Crippen LogP contribution in [0.15, 0.2) is 30.5 Å². The van der Waals surface area contributed by atoms with Crippen molar-refractivity contribution in [2.24, 2.45) is 0 Å². The Hall–Kier alpha value is -1.41. The molecule has 1 N–H and O–H groups in total. The highest BCUT2D eigenvalue weighted by molar-refractivity contribution is 5.87. The Morgan fingerprint density at radius 1 is 1.18 bits per heavy atom. The van der Waals surface area contributed by atoms with Crippen LogP contribution in [0.4, 0.5) is 0 Å². The molecule has 90 valence electrons. The third kappa shape index (κ3) is 2.32. The molecule has 2 heteroatoms. The summed E-state index contributed by atoms with van der Waals surface area (Å²) in [6, 6.07) is 8.90. The van der Waals surface area contributed by atoms with Crippen molar-refractivity contribution in [2.45, 2.75) is 33.2 Å².